The minimum Gasteiger partial charge on any atom is -0.504 e. The van der Waals surface area contributed by atoms with Gasteiger partial charge in [-0.3, -0.25) is 0 Å². The summed E-state index contributed by atoms with van der Waals surface area (Å²) in [6.45, 7) is 1.91. The number of aromatic hydroxyl groups is 1. The molecule has 1 aliphatic rings. The van der Waals surface area contributed by atoms with E-state index >= 15 is 0 Å². The Morgan fingerprint density at radius 3 is 2.91 bits per heavy atom. The van der Waals surface area contributed by atoms with E-state index in [4.69, 9.17) is 4.74 Å². The summed E-state index contributed by atoms with van der Waals surface area (Å²) in [4.78, 5) is 15.6. The van der Waals surface area contributed by atoms with Crippen molar-refractivity contribution in [1.29, 1.82) is 0 Å². The number of carboxylic acid groups (broad SMARTS) is 1. The number of aromatic nitrogens is 3. The molecule has 8 heteroatoms. The number of rotatable bonds is 4. The first-order valence-corrected chi connectivity index (χ1v) is 7.08. The number of carbonyl (C=O) groups is 1. The number of phenols is 1. The highest BCUT2D eigenvalue weighted by molar-refractivity contribution is 5.90. The van der Waals surface area contributed by atoms with Crippen LogP contribution in [0.2, 0.25) is 0 Å². The van der Waals surface area contributed by atoms with Gasteiger partial charge in [0, 0.05) is 12.0 Å². The van der Waals surface area contributed by atoms with E-state index in [1.54, 1.807) is 22.9 Å². The number of aryl methyl sites for hydroxylation is 1. The molecule has 0 amide bonds. The van der Waals surface area contributed by atoms with Gasteiger partial charge in [0.25, 0.3) is 0 Å². The molecule has 1 aromatic carbocycles. The highest BCUT2D eigenvalue weighted by Gasteiger charge is 2.29. The van der Waals surface area contributed by atoms with E-state index in [-0.39, 0.29) is 11.4 Å². The third-order valence-electron chi connectivity index (χ3n) is 3.63. The number of nitrogens with one attached hydrogen (secondary N) is 1. The van der Waals surface area contributed by atoms with Gasteiger partial charge in [0.2, 0.25) is 5.95 Å². The molecule has 3 rings (SSSR count). The zero-order valence-electron chi connectivity index (χ0n) is 12.6. The van der Waals surface area contributed by atoms with Crippen molar-refractivity contribution < 1.29 is 19.7 Å². The molecule has 2 aromatic rings. The van der Waals surface area contributed by atoms with E-state index in [0.717, 1.165) is 0 Å². The Bertz CT molecular complexity index is 797. The molecule has 0 bridgehead atoms. The zero-order chi connectivity index (χ0) is 16.6. The maximum atomic E-state index is 11.3. The molecule has 8 nitrogen and oxygen atoms in total. The van der Waals surface area contributed by atoms with Gasteiger partial charge in [0.05, 0.1) is 7.11 Å². The quantitative estimate of drug-likeness (QED) is 0.784. The van der Waals surface area contributed by atoms with E-state index in [0.29, 0.717) is 29.5 Å². The van der Waals surface area contributed by atoms with Crippen LogP contribution in [0.15, 0.2) is 30.0 Å². The third-order valence-corrected chi connectivity index (χ3v) is 3.63. The van der Waals surface area contributed by atoms with Gasteiger partial charge in [-0.15, -0.1) is 0 Å². The second kappa shape index (κ2) is 5.64. The average Bonchev–Trinajstić information content (AvgIpc) is 2.97. The Morgan fingerprint density at radius 2 is 2.26 bits per heavy atom. The molecule has 3 N–H and O–H groups in total. The molecule has 0 saturated carbocycles. The van der Waals surface area contributed by atoms with Crippen molar-refractivity contribution in [2.24, 2.45) is 0 Å². The largest absolute Gasteiger partial charge is 0.504 e. The first-order valence-electron chi connectivity index (χ1n) is 7.08. The fourth-order valence-corrected chi connectivity index (χ4v) is 2.48. The Morgan fingerprint density at radius 1 is 1.48 bits per heavy atom. The molecular formula is C15H16N4O4. The van der Waals surface area contributed by atoms with Crippen LogP contribution in [0.1, 0.15) is 24.4 Å². The van der Waals surface area contributed by atoms with Gasteiger partial charge in [-0.1, -0.05) is 19.1 Å². The van der Waals surface area contributed by atoms with Crippen molar-refractivity contribution in [1.82, 2.24) is 14.8 Å². The molecule has 0 saturated heterocycles. The number of carboxylic acids is 1. The van der Waals surface area contributed by atoms with Crippen molar-refractivity contribution >= 4 is 11.9 Å². The maximum Gasteiger partial charge on any atom is 0.352 e. The van der Waals surface area contributed by atoms with Crippen LogP contribution in [0.4, 0.5) is 5.95 Å². The summed E-state index contributed by atoms with van der Waals surface area (Å²) in [5.41, 5.74) is 0.471. The van der Waals surface area contributed by atoms with Crippen molar-refractivity contribution in [2.75, 3.05) is 12.4 Å². The lowest BCUT2D eigenvalue weighted by Gasteiger charge is -2.23. The number of fused-ring (bicyclic) bond motifs is 1. The fourth-order valence-electron chi connectivity index (χ4n) is 2.48. The van der Waals surface area contributed by atoms with Crippen LogP contribution in [0.3, 0.4) is 0 Å². The third kappa shape index (κ3) is 2.48. The summed E-state index contributed by atoms with van der Waals surface area (Å²) in [6.07, 6.45) is 2.10. The minimum atomic E-state index is -1.11. The normalized spacial score (nSPS) is 16.3. The number of benzene rings is 1. The van der Waals surface area contributed by atoms with Crippen molar-refractivity contribution in [3.05, 3.63) is 41.4 Å². The monoisotopic (exact) mass is 316 g/mol. The van der Waals surface area contributed by atoms with Crippen LogP contribution in [0, 0.1) is 0 Å². The van der Waals surface area contributed by atoms with Gasteiger partial charge in [-0.05, 0) is 12.1 Å². The Kier molecular flexibility index (Phi) is 3.65. The molecular weight excluding hydrogens is 300 g/mol. The Balaban J connectivity index is 2.17. The molecule has 0 radical (unpaired) electrons. The topological polar surface area (TPSA) is 110 Å². The van der Waals surface area contributed by atoms with Crippen LogP contribution in [0.5, 0.6) is 11.5 Å². The van der Waals surface area contributed by atoms with Crippen LogP contribution in [0.25, 0.3) is 0 Å². The molecule has 2 heterocycles. The van der Waals surface area contributed by atoms with Gasteiger partial charge in [0.1, 0.15) is 11.7 Å². The lowest BCUT2D eigenvalue weighted by atomic mass is 10.0. The summed E-state index contributed by atoms with van der Waals surface area (Å²) in [5, 5.41) is 26.8. The van der Waals surface area contributed by atoms with Crippen molar-refractivity contribution in [3.63, 3.8) is 0 Å². The number of anilines is 1. The number of aliphatic carboxylic acids is 1. The number of methoxy groups -OCH3 is 1. The molecule has 0 fully saturated rings. The predicted molar refractivity (Wildman–Crippen MR) is 81.5 cm³/mol. The number of phenolic OH excluding ortho intramolecular Hbond substituents is 1. The molecule has 0 spiro atoms. The van der Waals surface area contributed by atoms with Crippen LogP contribution in [-0.2, 0) is 11.2 Å². The first-order chi connectivity index (χ1) is 11.0. The summed E-state index contributed by atoms with van der Waals surface area (Å²) < 4.78 is 6.67. The number of hydrogen-bond donors (Lipinski definition) is 3. The highest BCUT2D eigenvalue weighted by Crippen LogP contribution is 2.38. The number of nitrogens with zero attached hydrogens (tertiary/aromatic N) is 3. The zero-order valence-corrected chi connectivity index (χ0v) is 12.6. The molecule has 1 aliphatic heterocycles. The maximum absolute atomic E-state index is 11.3. The van der Waals surface area contributed by atoms with E-state index in [9.17, 15) is 15.0 Å². The standard InChI is InChI=1S/C15H16N4O4/c1-3-12-17-15-16-9(14(21)22)7-10(19(15)18-12)8-5-4-6-11(23-2)13(8)20/h4-7,10,20H,3H2,1-2H3,(H,21,22)(H,16,17,18). The van der Waals surface area contributed by atoms with Gasteiger partial charge < -0.3 is 20.3 Å². The number of para-hydroxylation sites is 1. The van der Waals surface area contributed by atoms with E-state index in [2.05, 4.69) is 15.4 Å². The fraction of sp³-hybridized carbons (Fsp3) is 0.267. The molecule has 0 aliphatic carbocycles. The van der Waals surface area contributed by atoms with E-state index in [1.165, 1.54) is 13.2 Å². The molecule has 1 atom stereocenters. The smallest absolute Gasteiger partial charge is 0.352 e. The molecule has 120 valence electrons. The van der Waals surface area contributed by atoms with Gasteiger partial charge >= 0.3 is 5.97 Å². The summed E-state index contributed by atoms with van der Waals surface area (Å²) >= 11 is 0. The molecule has 1 aromatic heterocycles. The first kappa shape index (κ1) is 14.9. The number of hydrogen-bond acceptors (Lipinski definition) is 6. The SMILES string of the molecule is CCc1nc2n(n1)C(c1cccc(OC)c1O)C=C(C(=O)O)N2. The summed E-state index contributed by atoms with van der Waals surface area (Å²) in [7, 11) is 1.45. The second-order valence-corrected chi connectivity index (χ2v) is 5.00. The van der Waals surface area contributed by atoms with E-state index in [1.807, 2.05) is 6.92 Å². The summed E-state index contributed by atoms with van der Waals surface area (Å²) in [5.74, 6) is 0.0599. The van der Waals surface area contributed by atoms with Crippen LogP contribution >= 0.6 is 0 Å². The Labute approximate surface area is 132 Å². The Hall–Kier alpha value is -3.03. The number of allylic oxidation sites excluding steroid dienone is 1. The van der Waals surface area contributed by atoms with Gasteiger partial charge in [-0.2, -0.15) is 10.1 Å². The van der Waals surface area contributed by atoms with Gasteiger partial charge in [-0.25, -0.2) is 9.48 Å². The van der Waals surface area contributed by atoms with Crippen molar-refractivity contribution in [2.45, 2.75) is 19.4 Å². The molecule has 1 unspecified atom stereocenters. The lowest BCUT2D eigenvalue weighted by Crippen LogP contribution is -2.24. The molecule has 23 heavy (non-hydrogen) atoms. The van der Waals surface area contributed by atoms with E-state index < -0.39 is 12.0 Å². The van der Waals surface area contributed by atoms with Crippen LogP contribution < -0.4 is 10.1 Å². The second-order valence-electron chi connectivity index (χ2n) is 5.00. The average molecular weight is 316 g/mol. The lowest BCUT2D eigenvalue weighted by molar-refractivity contribution is -0.132. The van der Waals surface area contributed by atoms with Crippen LogP contribution in [-0.4, -0.2) is 38.1 Å². The predicted octanol–water partition coefficient (Wildman–Crippen LogP) is 1.54. The summed E-state index contributed by atoms with van der Waals surface area (Å²) in [6, 6.07) is 4.45. The van der Waals surface area contributed by atoms with Gasteiger partial charge in [0.15, 0.2) is 17.3 Å². The van der Waals surface area contributed by atoms with Crippen molar-refractivity contribution in [3.8, 4) is 11.5 Å². The highest BCUT2D eigenvalue weighted by atomic mass is 16.5. The number of ether oxygens (including phenoxy) is 1. The minimum absolute atomic E-state index is 0.0141.